The van der Waals surface area contributed by atoms with Crippen molar-refractivity contribution in [2.75, 3.05) is 17.1 Å². The number of aryl methyl sites for hydroxylation is 2. The monoisotopic (exact) mass is 487 g/mol. The molecule has 0 aliphatic heterocycles. The molecule has 2 aromatic rings. The maximum absolute atomic E-state index is 13.6. The largest absolute Gasteiger partial charge is 0.350 e. The zero-order valence-electron chi connectivity index (χ0n) is 21.3. The Hall–Kier alpha value is -2.87. The third-order valence-corrected chi connectivity index (χ3v) is 6.55. The Morgan fingerprint density at radius 3 is 2.26 bits per heavy atom. The quantitative estimate of drug-likeness (QED) is 0.585. The highest BCUT2D eigenvalue weighted by Crippen LogP contribution is 2.24. The summed E-state index contributed by atoms with van der Waals surface area (Å²) in [5, 5.41) is 2.92. The number of carbonyl (C=O) groups excluding carboxylic acids is 2. The van der Waals surface area contributed by atoms with E-state index in [-0.39, 0.29) is 12.5 Å². The maximum atomic E-state index is 13.6. The molecular weight excluding hydrogens is 450 g/mol. The van der Waals surface area contributed by atoms with E-state index in [2.05, 4.69) is 5.32 Å². The van der Waals surface area contributed by atoms with E-state index in [1.807, 2.05) is 71.0 Å². The summed E-state index contributed by atoms with van der Waals surface area (Å²) in [4.78, 5) is 28.0. The van der Waals surface area contributed by atoms with Crippen LogP contribution in [0.2, 0.25) is 0 Å². The fourth-order valence-electron chi connectivity index (χ4n) is 3.71. The highest BCUT2D eigenvalue weighted by atomic mass is 32.2. The molecule has 0 saturated heterocycles. The predicted octanol–water partition coefficient (Wildman–Crippen LogP) is 3.66. The van der Waals surface area contributed by atoms with Crippen molar-refractivity contribution >= 4 is 27.5 Å². The lowest BCUT2D eigenvalue weighted by Gasteiger charge is -2.33. The third kappa shape index (κ3) is 7.58. The molecular formula is C26H37N3O4S. The van der Waals surface area contributed by atoms with Crippen LogP contribution in [-0.2, 0) is 32.6 Å². The Morgan fingerprint density at radius 1 is 1.06 bits per heavy atom. The first kappa shape index (κ1) is 27.4. The minimum absolute atomic E-state index is 0.187. The maximum Gasteiger partial charge on any atom is 0.244 e. The number of para-hydroxylation sites is 1. The topological polar surface area (TPSA) is 86.8 Å². The second-order valence-electron chi connectivity index (χ2n) is 9.68. The number of amides is 2. The number of hydrogen-bond acceptors (Lipinski definition) is 4. The fraction of sp³-hybridized carbons (Fsp3) is 0.462. The van der Waals surface area contributed by atoms with Crippen molar-refractivity contribution in [1.82, 2.24) is 10.2 Å². The minimum Gasteiger partial charge on any atom is -0.350 e. The van der Waals surface area contributed by atoms with E-state index >= 15 is 0 Å². The average Bonchev–Trinajstić information content (AvgIpc) is 2.73. The molecule has 1 unspecified atom stereocenters. The van der Waals surface area contributed by atoms with Crippen LogP contribution in [0.5, 0.6) is 0 Å². The zero-order valence-corrected chi connectivity index (χ0v) is 22.1. The van der Waals surface area contributed by atoms with Gasteiger partial charge in [0.1, 0.15) is 12.6 Å². The van der Waals surface area contributed by atoms with Crippen molar-refractivity contribution < 1.29 is 18.0 Å². The fourth-order valence-corrected chi connectivity index (χ4v) is 4.59. The molecule has 0 heterocycles. The lowest BCUT2D eigenvalue weighted by Crippen LogP contribution is -2.54. The summed E-state index contributed by atoms with van der Waals surface area (Å²) < 4.78 is 26.6. The SMILES string of the molecule is CCc1ccccc1N(CC(=O)N(Cc1cccc(C)c1)C(C)C(=O)NC(C)(C)C)S(C)(=O)=O. The molecule has 0 aliphatic rings. The Kier molecular flexibility index (Phi) is 8.89. The molecule has 0 bridgehead atoms. The van der Waals surface area contributed by atoms with E-state index in [1.54, 1.807) is 19.1 Å². The number of anilines is 1. The second kappa shape index (κ2) is 11.0. The molecule has 0 spiro atoms. The predicted molar refractivity (Wildman–Crippen MR) is 137 cm³/mol. The van der Waals surface area contributed by atoms with Gasteiger partial charge in [0.25, 0.3) is 0 Å². The first-order chi connectivity index (χ1) is 15.7. The van der Waals surface area contributed by atoms with E-state index in [1.165, 1.54) is 4.90 Å². The smallest absolute Gasteiger partial charge is 0.244 e. The van der Waals surface area contributed by atoms with E-state index < -0.39 is 34.1 Å². The van der Waals surface area contributed by atoms with Crippen LogP contribution in [0.15, 0.2) is 48.5 Å². The van der Waals surface area contributed by atoms with Gasteiger partial charge in [-0.05, 0) is 58.2 Å². The van der Waals surface area contributed by atoms with Crippen molar-refractivity contribution in [3.63, 3.8) is 0 Å². The summed E-state index contributed by atoms with van der Waals surface area (Å²) >= 11 is 0. The number of nitrogens with one attached hydrogen (secondary N) is 1. The van der Waals surface area contributed by atoms with E-state index in [9.17, 15) is 18.0 Å². The van der Waals surface area contributed by atoms with Gasteiger partial charge in [0.05, 0.1) is 11.9 Å². The third-order valence-electron chi connectivity index (χ3n) is 5.42. The van der Waals surface area contributed by atoms with Crippen molar-refractivity contribution in [2.45, 2.75) is 66.1 Å². The molecule has 1 atom stereocenters. The van der Waals surface area contributed by atoms with Gasteiger partial charge in [-0.3, -0.25) is 13.9 Å². The standard InChI is InChI=1S/C26H37N3O4S/c1-8-22-14-9-10-15-23(22)29(34(7,32)33)18-24(30)28(17-21-13-11-12-19(2)16-21)20(3)25(31)27-26(4,5)6/h9-16,20H,8,17-18H2,1-7H3,(H,27,31). The normalized spacial score (nSPS) is 12.7. The van der Waals surface area contributed by atoms with Gasteiger partial charge in [0.15, 0.2) is 0 Å². The summed E-state index contributed by atoms with van der Waals surface area (Å²) in [6.07, 6.45) is 1.71. The number of nitrogens with zero attached hydrogens (tertiary/aromatic N) is 2. The molecule has 2 aromatic carbocycles. The van der Waals surface area contributed by atoms with Crippen LogP contribution in [0.3, 0.4) is 0 Å². The molecule has 2 rings (SSSR count). The van der Waals surface area contributed by atoms with E-state index in [0.717, 1.165) is 27.3 Å². The molecule has 1 N–H and O–H groups in total. The van der Waals surface area contributed by atoms with Crippen LogP contribution in [-0.4, -0.2) is 49.5 Å². The molecule has 0 aromatic heterocycles. The molecule has 7 nitrogen and oxygen atoms in total. The first-order valence-electron chi connectivity index (χ1n) is 11.5. The number of rotatable bonds is 9. The van der Waals surface area contributed by atoms with Crippen molar-refractivity contribution in [3.05, 3.63) is 65.2 Å². The second-order valence-corrected chi connectivity index (χ2v) is 11.6. The summed E-state index contributed by atoms with van der Waals surface area (Å²) in [5.41, 5.74) is 2.73. The average molecular weight is 488 g/mol. The molecule has 34 heavy (non-hydrogen) atoms. The van der Waals surface area contributed by atoms with Gasteiger partial charge >= 0.3 is 0 Å². The van der Waals surface area contributed by atoms with Crippen LogP contribution < -0.4 is 9.62 Å². The van der Waals surface area contributed by atoms with Crippen molar-refractivity contribution in [1.29, 1.82) is 0 Å². The molecule has 0 saturated carbocycles. The van der Waals surface area contributed by atoms with E-state index in [0.29, 0.717) is 12.1 Å². The van der Waals surface area contributed by atoms with Crippen LogP contribution in [0, 0.1) is 6.92 Å². The summed E-state index contributed by atoms with van der Waals surface area (Å²) in [6.45, 7) is 11.0. The number of carbonyl (C=O) groups is 2. The summed E-state index contributed by atoms with van der Waals surface area (Å²) in [6, 6.07) is 14.0. The van der Waals surface area contributed by atoms with Gasteiger partial charge in [0, 0.05) is 12.1 Å². The van der Waals surface area contributed by atoms with Gasteiger partial charge in [-0.1, -0.05) is 55.0 Å². The number of benzene rings is 2. The number of sulfonamides is 1. The zero-order chi connectivity index (χ0) is 25.7. The van der Waals surface area contributed by atoms with Crippen molar-refractivity contribution in [2.24, 2.45) is 0 Å². The van der Waals surface area contributed by atoms with Crippen LogP contribution >= 0.6 is 0 Å². The first-order valence-corrected chi connectivity index (χ1v) is 13.3. The highest BCUT2D eigenvalue weighted by molar-refractivity contribution is 7.92. The molecule has 186 valence electrons. The van der Waals surface area contributed by atoms with Gasteiger partial charge in [-0.15, -0.1) is 0 Å². The molecule has 8 heteroatoms. The Bertz CT molecular complexity index is 1120. The van der Waals surface area contributed by atoms with Crippen LogP contribution in [0.4, 0.5) is 5.69 Å². The Balaban J connectivity index is 2.44. The summed E-state index contributed by atoms with van der Waals surface area (Å²) in [5.74, 6) is -0.747. The molecule has 0 aliphatic carbocycles. The van der Waals surface area contributed by atoms with Gasteiger partial charge in [-0.25, -0.2) is 8.42 Å². The minimum atomic E-state index is -3.75. The number of hydrogen-bond donors (Lipinski definition) is 1. The Labute approximate surface area is 204 Å². The van der Waals surface area contributed by atoms with E-state index in [4.69, 9.17) is 0 Å². The highest BCUT2D eigenvalue weighted by Gasteiger charge is 2.31. The summed E-state index contributed by atoms with van der Waals surface area (Å²) in [7, 11) is -3.75. The van der Waals surface area contributed by atoms with Gasteiger partial charge < -0.3 is 10.2 Å². The van der Waals surface area contributed by atoms with Gasteiger partial charge in [0.2, 0.25) is 21.8 Å². The van der Waals surface area contributed by atoms with Crippen LogP contribution in [0.25, 0.3) is 0 Å². The molecule has 0 fully saturated rings. The van der Waals surface area contributed by atoms with Gasteiger partial charge in [-0.2, -0.15) is 0 Å². The lowest BCUT2D eigenvalue weighted by atomic mass is 10.1. The van der Waals surface area contributed by atoms with Crippen molar-refractivity contribution in [3.8, 4) is 0 Å². The molecule has 0 radical (unpaired) electrons. The lowest BCUT2D eigenvalue weighted by molar-refractivity contribution is -0.140. The molecule has 2 amide bonds. The van der Waals surface area contributed by atoms with Crippen LogP contribution in [0.1, 0.15) is 51.3 Å². The Morgan fingerprint density at radius 2 is 1.71 bits per heavy atom.